The maximum atomic E-state index is 14.6. The highest BCUT2D eigenvalue weighted by Crippen LogP contribution is 2.45. The van der Waals surface area contributed by atoms with Gasteiger partial charge in [0.15, 0.2) is 0 Å². The zero-order valence-corrected chi connectivity index (χ0v) is 33.4. The van der Waals surface area contributed by atoms with Gasteiger partial charge in [-0.2, -0.15) is 0 Å². The van der Waals surface area contributed by atoms with E-state index in [1.165, 1.54) is 17.9 Å². The Morgan fingerprint density at radius 3 is 2.33 bits per heavy atom. The van der Waals surface area contributed by atoms with E-state index in [1.807, 2.05) is 36.4 Å². The van der Waals surface area contributed by atoms with E-state index >= 15 is 0 Å². The summed E-state index contributed by atoms with van der Waals surface area (Å²) in [6, 6.07) is 14.4. The first-order valence-electron chi connectivity index (χ1n) is 18.2. The predicted molar refractivity (Wildman–Crippen MR) is 208 cm³/mol. The molecule has 5 rings (SSSR count). The largest absolute Gasteiger partial charge is 0.497 e. The summed E-state index contributed by atoms with van der Waals surface area (Å²) in [4.78, 5) is 61.6. The zero-order valence-electron chi connectivity index (χ0n) is 32.6. The Hall–Kier alpha value is -5.18. The van der Waals surface area contributed by atoms with Gasteiger partial charge in [0.25, 0.3) is 5.91 Å². The molecule has 0 bridgehead atoms. The molecule has 1 aliphatic carbocycles. The monoisotopic (exact) mass is 777 g/mol. The smallest absolute Gasteiger partial charge is 0.408 e. The zero-order chi connectivity index (χ0) is 40.5. The lowest BCUT2D eigenvalue weighted by Gasteiger charge is -2.36. The van der Waals surface area contributed by atoms with E-state index < -0.39 is 74.5 Å². The van der Waals surface area contributed by atoms with Crippen LogP contribution < -0.4 is 24.8 Å². The van der Waals surface area contributed by atoms with Gasteiger partial charge in [-0.15, -0.1) is 6.58 Å². The van der Waals surface area contributed by atoms with Crippen molar-refractivity contribution in [2.24, 2.45) is 11.3 Å². The number of nitrogens with one attached hydrogen (secondary N) is 3. The van der Waals surface area contributed by atoms with E-state index in [1.54, 1.807) is 66.9 Å². The third-order valence-electron chi connectivity index (χ3n) is 9.64. The Morgan fingerprint density at radius 2 is 1.75 bits per heavy atom. The van der Waals surface area contributed by atoms with Crippen LogP contribution in [0.15, 0.2) is 67.3 Å². The first-order chi connectivity index (χ1) is 25.7. The second-order valence-electron chi connectivity index (χ2n) is 16.0. The molecule has 1 aliphatic heterocycles. The van der Waals surface area contributed by atoms with Crippen LogP contribution in [0.4, 0.5) is 4.79 Å². The first-order valence-corrected chi connectivity index (χ1v) is 19.9. The fourth-order valence-corrected chi connectivity index (χ4v) is 7.20. The molecule has 4 amide bonds. The van der Waals surface area contributed by atoms with Crippen LogP contribution in [0.1, 0.15) is 61.3 Å². The number of rotatable bonds is 12. The van der Waals surface area contributed by atoms with Crippen molar-refractivity contribution in [2.45, 2.75) is 90.6 Å². The molecule has 0 spiro atoms. The van der Waals surface area contributed by atoms with Crippen LogP contribution in [0.25, 0.3) is 22.2 Å². The molecule has 1 aromatic heterocycles. The van der Waals surface area contributed by atoms with Crippen LogP contribution in [0.3, 0.4) is 0 Å². The number of methoxy groups -OCH3 is 1. The van der Waals surface area contributed by atoms with E-state index in [4.69, 9.17) is 19.2 Å². The lowest BCUT2D eigenvalue weighted by molar-refractivity contribution is -0.143. The summed E-state index contributed by atoms with van der Waals surface area (Å²) >= 11 is 0. The first kappa shape index (κ1) is 41.0. The molecular weight excluding hydrogens is 727 g/mol. The van der Waals surface area contributed by atoms with Crippen LogP contribution in [0.2, 0.25) is 0 Å². The number of benzene rings is 2. The normalized spacial score (nSPS) is 21.6. The number of hydrogen-bond donors (Lipinski definition) is 3. The molecular formula is C40H51N5O9S. The maximum absolute atomic E-state index is 14.6. The second-order valence-corrected chi connectivity index (χ2v) is 18.0. The Kier molecular flexibility index (Phi) is 11.6. The minimum Gasteiger partial charge on any atom is -0.497 e. The van der Waals surface area contributed by atoms with Gasteiger partial charge in [-0.25, -0.2) is 18.2 Å². The number of nitrogens with zero attached hydrogens (tertiary/aromatic N) is 2. The summed E-state index contributed by atoms with van der Waals surface area (Å²) < 4.78 is 44.4. The SMILES string of the molecule is C=C[C@@H]1C[C@]1(NC(=O)[C@@H]1C[C@@H](Oc2cc(-c3ccccc3)nc3cc(OC)ccc23)CN1C(=O)[C@@H](NC(=O)OC(C)(C)C)C(C)(C)C)C(=O)NS(=O)(=O)CC. The quantitative estimate of drug-likeness (QED) is 0.218. The lowest BCUT2D eigenvalue weighted by atomic mass is 9.85. The van der Waals surface area contributed by atoms with E-state index in [9.17, 15) is 27.6 Å². The van der Waals surface area contributed by atoms with E-state index in [0.29, 0.717) is 28.1 Å². The van der Waals surface area contributed by atoms with E-state index in [-0.39, 0.29) is 25.1 Å². The van der Waals surface area contributed by atoms with Crippen LogP contribution in [0, 0.1) is 11.3 Å². The van der Waals surface area contributed by atoms with Crippen LogP contribution in [-0.2, 0) is 29.1 Å². The third kappa shape index (κ3) is 9.38. The van der Waals surface area contributed by atoms with Crippen molar-refractivity contribution in [1.29, 1.82) is 0 Å². The standard InChI is InChI=1S/C40H51N5O9S/c1-10-25-22-40(25,36(48)44-55(50,51)11-2)43-34(46)31-20-27(23-45(31)35(47)33(38(3,4)5)42-37(49)54-39(6,7)8)53-32-21-29(24-15-13-12-14-16-24)41-30-19-26(52-9)17-18-28(30)32/h10,12-19,21,25,27,31,33H,1,11,20,22-23H2,2-9H3,(H,42,49)(H,43,46)(H,44,48)/t25-,27-,31+,33-,40-/m1/s1. The molecule has 15 heteroatoms. The molecule has 2 aliphatic rings. The van der Waals surface area contributed by atoms with Crippen molar-refractivity contribution in [3.8, 4) is 22.8 Å². The number of sulfonamides is 1. The molecule has 5 atom stereocenters. The molecule has 2 heterocycles. The number of aromatic nitrogens is 1. The maximum Gasteiger partial charge on any atom is 0.408 e. The Morgan fingerprint density at radius 1 is 1.05 bits per heavy atom. The molecule has 296 valence electrons. The number of pyridine rings is 1. The molecule has 55 heavy (non-hydrogen) atoms. The number of amides is 4. The van der Waals surface area contributed by atoms with Crippen LogP contribution in [-0.4, -0.2) is 90.9 Å². The fourth-order valence-electron chi connectivity index (χ4n) is 6.59. The van der Waals surface area contributed by atoms with Gasteiger partial charge in [-0.05, 0) is 51.7 Å². The second kappa shape index (κ2) is 15.5. The average molecular weight is 778 g/mol. The summed E-state index contributed by atoms with van der Waals surface area (Å²) in [6.07, 6.45) is 0.0627. The van der Waals surface area contributed by atoms with Crippen molar-refractivity contribution < 1.29 is 41.8 Å². The van der Waals surface area contributed by atoms with Gasteiger partial charge in [0.05, 0.1) is 30.6 Å². The number of ether oxygens (including phenoxy) is 3. The number of alkyl carbamates (subject to hydrolysis) is 1. The van der Waals surface area contributed by atoms with Gasteiger partial charge in [0.1, 0.15) is 40.8 Å². The number of fused-ring (bicyclic) bond motifs is 1. The molecule has 3 aromatic rings. The summed E-state index contributed by atoms with van der Waals surface area (Å²) in [6.45, 7) is 15.5. The summed E-state index contributed by atoms with van der Waals surface area (Å²) in [5, 5.41) is 6.16. The molecule has 1 saturated heterocycles. The number of likely N-dealkylation sites (tertiary alicyclic amines) is 1. The summed E-state index contributed by atoms with van der Waals surface area (Å²) in [5.74, 6) is -1.98. The Balaban J connectivity index is 1.52. The average Bonchev–Trinajstić information content (AvgIpc) is 3.67. The predicted octanol–water partition coefficient (Wildman–Crippen LogP) is 4.72. The molecule has 2 aromatic carbocycles. The van der Waals surface area contributed by atoms with Crippen LogP contribution in [0.5, 0.6) is 11.5 Å². The van der Waals surface area contributed by atoms with Gasteiger partial charge in [-0.1, -0.05) is 57.2 Å². The van der Waals surface area contributed by atoms with Gasteiger partial charge in [-0.3, -0.25) is 19.1 Å². The highest BCUT2D eigenvalue weighted by Gasteiger charge is 2.61. The van der Waals surface area contributed by atoms with Gasteiger partial charge >= 0.3 is 6.09 Å². The summed E-state index contributed by atoms with van der Waals surface area (Å²) in [7, 11) is -2.39. The van der Waals surface area contributed by atoms with Gasteiger partial charge in [0.2, 0.25) is 21.8 Å². The molecule has 3 N–H and O–H groups in total. The van der Waals surface area contributed by atoms with Crippen molar-refractivity contribution >= 4 is 44.7 Å². The third-order valence-corrected chi connectivity index (χ3v) is 10.9. The lowest BCUT2D eigenvalue weighted by Crippen LogP contribution is -2.60. The van der Waals surface area contributed by atoms with Crippen molar-refractivity contribution in [2.75, 3.05) is 19.4 Å². The minimum atomic E-state index is -3.95. The van der Waals surface area contributed by atoms with Crippen LogP contribution >= 0.6 is 0 Å². The summed E-state index contributed by atoms with van der Waals surface area (Å²) in [5.41, 5.74) is -1.19. The minimum absolute atomic E-state index is 0.00519. The van der Waals surface area contributed by atoms with Gasteiger partial charge in [0, 0.05) is 35.4 Å². The topological polar surface area (TPSA) is 182 Å². The van der Waals surface area contributed by atoms with Crippen molar-refractivity contribution in [3.05, 3.63) is 67.3 Å². The fraction of sp³-hybridized carbons (Fsp3) is 0.475. The number of hydrogen-bond acceptors (Lipinski definition) is 10. The number of carbonyl (C=O) groups is 4. The highest BCUT2D eigenvalue weighted by molar-refractivity contribution is 7.90. The van der Waals surface area contributed by atoms with E-state index in [2.05, 4.69) is 21.9 Å². The van der Waals surface area contributed by atoms with Gasteiger partial charge < -0.3 is 29.7 Å². The van der Waals surface area contributed by atoms with Crippen molar-refractivity contribution in [3.63, 3.8) is 0 Å². The molecule has 1 saturated carbocycles. The molecule has 14 nitrogen and oxygen atoms in total. The molecule has 2 fully saturated rings. The van der Waals surface area contributed by atoms with E-state index in [0.717, 1.165) is 5.56 Å². The number of carbonyl (C=O) groups excluding carboxylic acids is 4. The highest BCUT2D eigenvalue weighted by atomic mass is 32.2. The molecule has 0 radical (unpaired) electrons. The molecule has 0 unspecified atom stereocenters. The van der Waals surface area contributed by atoms with Crippen molar-refractivity contribution in [1.82, 2.24) is 25.2 Å². The Bertz CT molecular complexity index is 2080. The Labute approximate surface area is 322 Å².